The second kappa shape index (κ2) is 6.77. The van der Waals surface area contributed by atoms with Crippen LogP contribution >= 0.6 is 0 Å². The second-order valence-corrected chi connectivity index (χ2v) is 8.03. The number of sulfonamides is 1. The van der Waals surface area contributed by atoms with Gasteiger partial charge in [0, 0.05) is 11.8 Å². The SMILES string of the molecule is C=Cc1nccc(-c2ccc(C3CC3)c(S(N)(=O)=O)c2-c2nn[nH]n2)c1C=C. The van der Waals surface area contributed by atoms with Crippen molar-refractivity contribution in [1.82, 2.24) is 25.6 Å². The molecule has 1 fully saturated rings. The molecule has 1 aliphatic carbocycles. The zero-order valence-corrected chi connectivity index (χ0v) is 15.8. The minimum atomic E-state index is -4.04. The fourth-order valence-corrected chi connectivity index (χ4v) is 4.49. The highest BCUT2D eigenvalue weighted by Gasteiger charge is 2.34. The lowest BCUT2D eigenvalue weighted by Crippen LogP contribution is -2.17. The standard InChI is InChI=1S/C19H18N6O2S/c1-3-12-14(9-10-21-16(12)4-2)15-8-7-13(11-5-6-11)18(28(20,26)27)17(15)19-22-24-25-23-19/h3-4,7-11H,1-2,5-6H2,(H2,20,26,27)(H,22,23,24,25). The van der Waals surface area contributed by atoms with Gasteiger partial charge in [0.25, 0.3) is 0 Å². The minimum Gasteiger partial charge on any atom is -0.256 e. The summed E-state index contributed by atoms with van der Waals surface area (Å²) in [5.74, 6) is 0.321. The third-order valence-corrected chi connectivity index (χ3v) is 5.78. The van der Waals surface area contributed by atoms with Crippen molar-refractivity contribution in [3.05, 3.63) is 54.4 Å². The summed E-state index contributed by atoms with van der Waals surface area (Å²) in [5.41, 5.74) is 3.70. The molecule has 3 N–H and O–H groups in total. The molecule has 0 radical (unpaired) electrons. The smallest absolute Gasteiger partial charge is 0.239 e. The van der Waals surface area contributed by atoms with Gasteiger partial charge in [-0.2, -0.15) is 5.21 Å². The van der Waals surface area contributed by atoms with Gasteiger partial charge in [0.2, 0.25) is 15.8 Å². The van der Waals surface area contributed by atoms with Gasteiger partial charge in [-0.3, -0.25) is 4.98 Å². The summed E-state index contributed by atoms with van der Waals surface area (Å²) in [6.45, 7) is 7.65. The number of nitrogens with one attached hydrogen (secondary N) is 1. The Morgan fingerprint density at radius 2 is 1.93 bits per heavy atom. The highest BCUT2D eigenvalue weighted by atomic mass is 32.2. The van der Waals surface area contributed by atoms with Crippen LogP contribution in [0.5, 0.6) is 0 Å². The highest BCUT2D eigenvalue weighted by molar-refractivity contribution is 7.89. The van der Waals surface area contributed by atoms with Crippen molar-refractivity contribution < 1.29 is 8.42 Å². The average Bonchev–Trinajstić information content (AvgIpc) is 3.39. The third-order valence-electron chi connectivity index (χ3n) is 4.77. The van der Waals surface area contributed by atoms with Crippen LogP contribution in [-0.4, -0.2) is 34.0 Å². The molecule has 0 atom stereocenters. The summed E-state index contributed by atoms with van der Waals surface area (Å²) in [6, 6.07) is 5.47. The summed E-state index contributed by atoms with van der Waals surface area (Å²) in [6.07, 6.45) is 6.74. The first kappa shape index (κ1) is 18.2. The van der Waals surface area contributed by atoms with Gasteiger partial charge in [-0.15, -0.1) is 10.2 Å². The Morgan fingerprint density at radius 3 is 2.50 bits per heavy atom. The lowest BCUT2D eigenvalue weighted by atomic mass is 9.92. The molecule has 0 unspecified atom stereocenters. The van der Waals surface area contributed by atoms with E-state index in [1.165, 1.54) is 0 Å². The molecule has 4 rings (SSSR count). The first-order chi connectivity index (χ1) is 13.5. The molecule has 0 aliphatic heterocycles. The van der Waals surface area contributed by atoms with E-state index in [-0.39, 0.29) is 16.6 Å². The van der Waals surface area contributed by atoms with Crippen LogP contribution in [0.2, 0.25) is 0 Å². The van der Waals surface area contributed by atoms with Crippen molar-refractivity contribution in [2.45, 2.75) is 23.7 Å². The van der Waals surface area contributed by atoms with Gasteiger partial charge >= 0.3 is 0 Å². The van der Waals surface area contributed by atoms with Crippen molar-refractivity contribution in [1.29, 1.82) is 0 Å². The zero-order valence-electron chi connectivity index (χ0n) is 15.0. The molecule has 1 aromatic carbocycles. The van der Waals surface area contributed by atoms with Crippen molar-refractivity contribution >= 4 is 22.2 Å². The number of H-pyrrole nitrogens is 1. The number of aromatic amines is 1. The number of aromatic nitrogens is 5. The second-order valence-electron chi connectivity index (χ2n) is 6.53. The number of nitrogens with zero attached hydrogens (tertiary/aromatic N) is 4. The number of pyridine rings is 1. The van der Waals surface area contributed by atoms with Crippen LogP contribution in [0.15, 0.2) is 42.4 Å². The number of primary sulfonamides is 1. The number of hydrogen-bond donors (Lipinski definition) is 2. The summed E-state index contributed by atoms with van der Waals surface area (Å²) >= 11 is 0. The Morgan fingerprint density at radius 1 is 1.14 bits per heavy atom. The van der Waals surface area contributed by atoms with E-state index in [9.17, 15) is 8.42 Å². The lowest BCUT2D eigenvalue weighted by Gasteiger charge is -2.17. The predicted molar refractivity (Wildman–Crippen MR) is 106 cm³/mol. The van der Waals surface area contributed by atoms with Crippen molar-refractivity contribution in [3.8, 4) is 22.5 Å². The maximum absolute atomic E-state index is 12.6. The van der Waals surface area contributed by atoms with E-state index in [4.69, 9.17) is 5.14 Å². The molecule has 2 aromatic heterocycles. The Kier molecular flexibility index (Phi) is 4.40. The number of benzene rings is 1. The molecular formula is C19H18N6O2S. The highest BCUT2D eigenvalue weighted by Crippen LogP contribution is 2.47. The van der Waals surface area contributed by atoms with E-state index in [2.05, 4.69) is 38.8 Å². The van der Waals surface area contributed by atoms with Gasteiger partial charge in [0.15, 0.2) is 0 Å². The number of tetrazole rings is 1. The van der Waals surface area contributed by atoms with Gasteiger partial charge in [-0.05, 0) is 52.8 Å². The van der Waals surface area contributed by atoms with Crippen molar-refractivity contribution in [3.63, 3.8) is 0 Å². The van der Waals surface area contributed by atoms with E-state index in [1.54, 1.807) is 24.4 Å². The van der Waals surface area contributed by atoms with Crippen LogP contribution in [0, 0.1) is 0 Å². The molecule has 3 aromatic rings. The van der Waals surface area contributed by atoms with E-state index in [0.717, 1.165) is 24.0 Å². The summed E-state index contributed by atoms with van der Waals surface area (Å²) < 4.78 is 25.2. The van der Waals surface area contributed by atoms with E-state index >= 15 is 0 Å². The molecular weight excluding hydrogens is 376 g/mol. The predicted octanol–water partition coefficient (Wildman–Crippen LogP) is 2.74. The molecule has 0 bridgehead atoms. The van der Waals surface area contributed by atoms with Crippen LogP contribution < -0.4 is 5.14 Å². The molecule has 0 spiro atoms. The fraction of sp³-hybridized carbons (Fsp3) is 0.158. The molecule has 8 nitrogen and oxygen atoms in total. The first-order valence-corrected chi connectivity index (χ1v) is 10.2. The van der Waals surface area contributed by atoms with E-state index in [0.29, 0.717) is 22.4 Å². The molecule has 1 saturated carbocycles. The van der Waals surface area contributed by atoms with Crippen LogP contribution in [0.1, 0.15) is 35.6 Å². The van der Waals surface area contributed by atoms with Crippen molar-refractivity contribution in [2.24, 2.45) is 5.14 Å². The summed E-state index contributed by atoms with van der Waals surface area (Å²) in [7, 11) is -4.04. The zero-order chi connectivity index (χ0) is 19.9. The van der Waals surface area contributed by atoms with Crippen LogP contribution in [0.25, 0.3) is 34.7 Å². The molecule has 0 saturated heterocycles. The van der Waals surface area contributed by atoms with Gasteiger partial charge in [-0.1, -0.05) is 31.4 Å². The Hall–Kier alpha value is -3.17. The molecule has 2 heterocycles. The third kappa shape index (κ3) is 3.04. The normalized spacial score (nSPS) is 14.0. The quantitative estimate of drug-likeness (QED) is 0.662. The number of hydrogen-bond acceptors (Lipinski definition) is 6. The molecule has 1 aliphatic rings. The van der Waals surface area contributed by atoms with Crippen LogP contribution in [-0.2, 0) is 10.0 Å². The lowest BCUT2D eigenvalue weighted by molar-refractivity contribution is 0.597. The van der Waals surface area contributed by atoms with Crippen LogP contribution in [0.3, 0.4) is 0 Å². The van der Waals surface area contributed by atoms with E-state index < -0.39 is 10.0 Å². The summed E-state index contributed by atoms with van der Waals surface area (Å²) in [4.78, 5) is 4.33. The maximum Gasteiger partial charge on any atom is 0.239 e. The van der Waals surface area contributed by atoms with Gasteiger partial charge in [0.1, 0.15) is 0 Å². The molecule has 142 valence electrons. The molecule has 9 heteroatoms. The minimum absolute atomic E-state index is 0.0425. The fourth-order valence-electron chi connectivity index (χ4n) is 3.44. The monoisotopic (exact) mass is 394 g/mol. The topological polar surface area (TPSA) is 128 Å². The molecule has 28 heavy (non-hydrogen) atoms. The maximum atomic E-state index is 12.6. The van der Waals surface area contributed by atoms with Gasteiger partial charge < -0.3 is 0 Å². The molecule has 0 amide bonds. The van der Waals surface area contributed by atoms with E-state index in [1.807, 2.05) is 12.1 Å². The Balaban J connectivity index is 2.13. The largest absolute Gasteiger partial charge is 0.256 e. The average molecular weight is 394 g/mol. The van der Waals surface area contributed by atoms with Gasteiger partial charge in [0.05, 0.1) is 16.2 Å². The van der Waals surface area contributed by atoms with Crippen molar-refractivity contribution in [2.75, 3.05) is 0 Å². The van der Waals surface area contributed by atoms with Crippen LogP contribution in [0.4, 0.5) is 0 Å². The van der Waals surface area contributed by atoms with Gasteiger partial charge in [-0.25, -0.2) is 13.6 Å². The number of rotatable bonds is 6. The Bertz CT molecular complexity index is 1180. The Labute approximate surface area is 162 Å². The first-order valence-electron chi connectivity index (χ1n) is 8.63. The number of nitrogens with two attached hydrogens (primary N) is 1. The summed E-state index contributed by atoms with van der Waals surface area (Å²) in [5, 5.41) is 19.7.